The van der Waals surface area contributed by atoms with Crippen LogP contribution in [-0.2, 0) is 22.5 Å². The molecule has 9 nitrogen and oxygen atoms in total. The molecule has 3 aromatic heterocycles. The molecule has 7 rings (SSSR count). The smallest absolute Gasteiger partial charge is 0.263 e. The first-order valence-electron chi connectivity index (χ1n) is 13.0. The van der Waals surface area contributed by atoms with Gasteiger partial charge in [0.05, 0.1) is 35.1 Å². The largest absolute Gasteiger partial charge is 0.480 e. The molecule has 1 amide bonds. The highest BCUT2D eigenvalue weighted by molar-refractivity contribution is 5.94. The van der Waals surface area contributed by atoms with Crippen LogP contribution in [-0.4, -0.2) is 51.8 Å². The van der Waals surface area contributed by atoms with Gasteiger partial charge in [0.1, 0.15) is 12.4 Å². The topological polar surface area (TPSA) is 107 Å². The monoisotopic (exact) mass is 519 g/mol. The first kappa shape index (κ1) is 24.7. The Morgan fingerprint density at radius 3 is 2.84 bits per heavy atom. The number of hydrogen-bond donors (Lipinski definition) is 2. The van der Waals surface area contributed by atoms with Crippen LogP contribution in [0.25, 0.3) is 11.0 Å². The average Bonchev–Trinajstić information content (AvgIpc) is 2.95. The second kappa shape index (κ2) is 9.92. The van der Waals surface area contributed by atoms with E-state index >= 15 is 0 Å². The first-order valence-corrected chi connectivity index (χ1v) is 13.0. The molecular formula is C28H30FN5O4. The minimum Gasteiger partial charge on any atom is -0.480 e. The van der Waals surface area contributed by atoms with Crippen molar-refractivity contribution >= 4 is 22.8 Å². The van der Waals surface area contributed by atoms with Gasteiger partial charge < -0.3 is 24.8 Å². The van der Waals surface area contributed by atoms with Crippen molar-refractivity contribution in [3.8, 4) is 11.6 Å². The van der Waals surface area contributed by atoms with E-state index in [1.807, 2.05) is 12.1 Å². The summed E-state index contributed by atoms with van der Waals surface area (Å²) in [4.78, 5) is 24.9. The van der Waals surface area contributed by atoms with Gasteiger partial charge in [0.15, 0.2) is 18.2 Å². The standard InChI is InChI=1S/C28H30FN5O4/c1-2-13-36-24-6-4-21-25(34-24)19(20(29)15-30-21)7-8-28-11-9-27(10-12-28,17-38-28)31-14-18-3-5-22-26(32-18)33-23(35)16-37-22/h2-6,15,31H,1,7-14,16-17H2,(H,32,33,35). The molecule has 2 bridgehead atoms. The van der Waals surface area contributed by atoms with Crippen molar-refractivity contribution < 1.29 is 23.4 Å². The van der Waals surface area contributed by atoms with Crippen molar-refractivity contribution in [1.82, 2.24) is 20.3 Å². The number of hydrogen-bond acceptors (Lipinski definition) is 8. The van der Waals surface area contributed by atoms with Crippen molar-refractivity contribution in [2.24, 2.45) is 0 Å². The average molecular weight is 520 g/mol. The number of nitrogens with zero attached hydrogens (tertiary/aromatic N) is 3. The van der Waals surface area contributed by atoms with Gasteiger partial charge in [0.25, 0.3) is 5.91 Å². The highest BCUT2D eigenvalue weighted by Gasteiger charge is 2.49. The zero-order valence-electron chi connectivity index (χ0n) is 21.1. The Kier molecular flexibility index (Phi) is 6.45. The molecule has 198 valence electrons. The van der Waals surface area contributed by atoms with Crippen molar-refractivity contribution in [2.45, 2.75) is 56.2 Å². The van der Waals surface area contributed by atoms with Gasteiger partial charge in [0.2, 0.25) is 5.88 Å². The minimum absolute atomic E-state index is 0.0141. The predicted octanol–water partition coefficient (Wildman–Crippen LogP) is 3.86. The number of nitrogens with one attached hydrogen (secondary N) is 2. The van der Waals surface area contributed by atoms with Crippen molar-refractivity contribution in [2.75, 3.05) is 25.1 Å². The van der Waals surface area contributed by atoms with Gasteiger partial charge in [-0.2, -0.15) is 0 Å². The van der Waals surface area contributed by atoms with Crippen LogP contribution < -0.4 is 20.1 Å². The number of carbonyl (C=O) groups excluding carboxylic acids is 1. The number of aromatic nitrogens is 3. The molecule has 0 aromatic carbocycles. The summed E-state index contributed by atoms with van der Waals surface area (Å²) in [5, 5.41) is 6.42. The van der Waals surface area contributed by atoms with Crippen LogP contribution in [0, 0.1) is 5.82 Å². The van der Waals surface area contributed by atoms with E-state index < -0.39 is 0 Å². The summed E-state index contributed by atoms with van der Waals surface area (Å²) in [6, 6.07) is 7.29. The summed E-state index contributed by atoms with van der Waals surface area (Å²) in [7, 11) is 0. The summed E-state index contributed by atoms with van der Waals surface area (Å²) in [6.07, 6.45) is 7.86. The van der Waals surface area contributed by atoms with Gasteiger partial charge >= 0.3 is 0 Å². The summed E-state index contributed by atoms with van der Waals surface area (Å²) in [5.74, 6) is 0.920. The Bertz CT molecular complexity index is 1370. The number of carbonyl (C=O) groups is 1. The van der Waals surface area contributed by atoms with E-state index in [0.717, 1.165) is 31.4 Å². The van der Waals surface area contributed by atoms with Gasteiger partial charge in [-0.05, 0) is 56.7 Å². The maximum Gasteiger partial charge on any atom is 0.263 e. The SMILES string of the molecule is C=CCOc1ccc2ncc(F)c(CCC34CCC(NCc5ccc6c(n5)NC(=O)CO6)(CC3)CO4)c2n1. The fraction of sp³-hybridized carbons (Fsp3) is 0.429. The molecule has 0 radical (unpaired) electrons. The number of rotatable bonds is 9. The Morgan fingerprint density at radius 1 is 1.18 bits per heavy atom. The second-order valence-electron chi connectivity index (χ2n) is 10.3. The number of pyridine rings is 3. The van der Waals surface area contributed by atoms with Gasteiger partial charge in [-0.3, -0.25) is 9.78 Å². The van der Waals surface area contributed by atoms with E-state index in [1.54, 1.807) is 18.2 Å². The predicted molar refractivity (Wildman–Crippen MR) is 139 cm³/mol. The number of fused-ring (bicyclic) bond motifs is 5. The fourth-order valence-corrected chi connectivity index (χ4v) is 5.59. The lowest BCUT2D eigenvalue weighted by Crippen LogP contribution is -2.61. The number of ether oxygens (including phenoxy) is 3. The van der Waals surface area contributed by atoms with Gasteiger partial charge in [-0.1, -0.05) is 12.7 Å². The highest BCUT2D eigenvalue weighted by atomic mass is 19.1. The fourth-order valence-electron chi connectivity index (χ4n) is 5.59. The maximum atomic E-state index is 14.9. The van der Waals surface area contributed by atoms with Gasteiger partial charge in [-0.15, -0.1) is 0 Å². The lowest BCUT2D eigenvalue weighted by molar-refractivity contribution is -0.165. The van der Waals surface area contributed by atoms with Crippen LogP contribution >= 0.6 is 0 Å². The maximum absolute atomic E-state index is 14.9. The summed E-state index contributed by atoms with van der Waals surface area (Å²) >= 11 is 0. The third-order valence-electron chi connectivity index (χ3n) is 7.87. The molecular weight excluding hydrogens is 489 g/mol. The van der Waals surface area contributed by atoms with Crippen LogP contribution in [0.15, 0.2) is 43.1 Å². The van der Waals surface area contributed by atoms with E-state index in [1.165, 1.54) is 6.20 Å². The van der Waals surface area contributed by atoms with Crippen molar-refractivity contribution in [3.05, 3.63) is 60.2 Å². The highest BCUT2D eigenvalue weighted by Crippen LogP contribution is 2.46. The molecule has 6 heterocycles. The lowest BCUT2D eigenvalue weighted by Gasteiger charge is -2.53. The number of aryl methyl sites for hydroxylation is 1. The molecule has 0 unspecified atom stereocenters. The number of anilines is 1. The number of halogens is 1. The Balaban J connectivity index is 1.10. The summed E-state index contributed by atoms with van der Waals surface area (Å²) in [5.41, 5.74) is 2.16. The molecule has 4 aliphatic rings. The molecule has 3 aromatic rings. The molecule has 1 saturated carbocycles. The molecule has 0 atom stereocenters. The van der Waals surface area contributed by atoms with Crippen LogP contribution in [0.5, 0.6) is 11.6 Å². The second-order valence-corrected chi connectivity index (χ2v) is 10.3. The number of amides is 1. The molecule has 38 heavy (non-hydrogen) atoms. The van der Waals surface area contributed by atoms with Crippen LogP contribution in [0.3, 0.4) is 0 Å². The summed E-state index contributed by atoms with van der Waals surface area (Å²) < 4.78 is 32.3. The van der Waals surface area contributed by atoms with Gasteiger partial charge in [-0.25, -0.2) is 14.4 Å². The van der Waals surface area contributed by atoms with Crippen LogP contribution in [0.4, 0.5) is 10.2 Å². The molecule has 1 aliphatic carbocycles. The van der Waals surface area contributed by atoms with E-state index in [4.69, 9.17) is 14.2 Å². The third kappa shape index (κ3) is 4.81. The Hall–Kier alpha value is -3.63. The third-order valence-corrected chi connectivity index (χ3v) is 7.87. The molecule has 2 saturated heterocycles. The van der Waals surface area contributed by atoms with Crippen LogP contribution in [0.2, 0.25) is 0 Å². The lowest BCUT2D eigenvalue weighted by atomic mass is 9.69. The summed E-state index contributed by atoms with van der Waals surface area (Å²) in [6.45, 7) is 5.16. The Labute approximate surface area is 219 Å². The van der Waals surface area contributed by atoms with Crippen molar-refractivity contribution in [3.63, 3.8) is 0 Å². The molecule has 3 fully saturated rings. The zero-order valence-corrected chi connectivity index (χ0v) is 21.1. The molecule has 0 spiro atoms. The zero-order chi connectivity index (χ0) is 26.2. The molecule has 10 heteroatoms. The van der Waals surface area contributed by atoms with Gasteiger partial charge in [0, 0.05) is 23.7 Å². The first-order chi connectivity index (χ1) is 18.5. The van der Waals surface area contributed by atoms with Crippen molar-refractivity contribution in [1.29, 1.82) is 0 Å². The Morgan fingerprint density at radius 2 is 2.05 bits per heavy atom. The van der Waals surface area contributed by atoms with Crippen LogP contribution in [0.1, 0.15) is 43.4 Å². The van der Waals surface area contributed by atoms with E-state index in [2.05, 4.69) is 32.2 Å². The molecule has 3 aliphatic heterocycles. The quantitative estimate of drug-likeness (QED) is 0.411. The molecule has 2 N–H and O–H groups in total. The normalized spacial score (nSPS) is 24.0. The van der Waals surface area contributed by atoms with E-state index in [0.29, 0.717) is 66.6 Å². The van der Waals surface area contributed by atoms with E-state index in [-0.39, 0.29) is 29.5 Å². The minimum atomic E-state index is -0.357. The van der Waals surface area contributed by atoms with E-state index in [9.17, 15) is 9.18 Å².